The van der Waals surface area contributed by atoms with E-state index in [4.69, 9.17) is 14.2 Å². The summed E-state index contributed by atoms with van der Waals surface area (Å²) in [6, 6.07) is 29.8. The zero-order valence-corrected chi connectivity index (χ0v) is 23.7. The molecular formula is C33H30BrNO5. The van der Waals surface area contributed by atoms with Crippen molar-refractivity contribution in [1.29, 1.82) is 0 Å². The summed E-state index contributed by atoms with van der Waals surface area (Å²) in [4.78, 5) is 26.0. The summed E-state index contributed by atoms with van der Waals surface area (Å²) >= 11 is 3.43. The van der Waals surface area contributed by atoms with Gasteiger partial charge in [-0.25, -0.2) is 4.79 Å². The maximum atomic E-state index is 13.3. The Morgan fingerprint density at radius 1 is 0.900 bits per heavy atom. The highest BCUT2D eigenvalue weighted by Gasteiger charge is 2.26. The topological polar surface area (TPSA) is 73.9 Å². The van der Waals surface area contributed by atoms with Crippen LogP contribution in [0.2, 0.25) is 0 Å². The summed E-state index contributed by atoms with van der Waals surface area (Å²) in [6.07, 6.45) is 2.56. The molecule has 0 radical (unpaired) electrons. The second-order valence-electron chi connectivity index (χ2n) is 9.76. The Labute approximate surface area is 242 Å². The molecule has 1 amide bonds. The Balaban J connectivity index is 1.31. The molecule has 204 valence electrons. The van der Waals surface area contributed by atoms with Crippen LogP contribution in [0.5, 0.6) is 17.2 Å². The minimum atomic E-state index is -0.868. The van der Waals surface area contributed by atoms with E-state index in [-0.39, 0.29) is 6.42 Å². The largest absolute Gasteiger partial charge is 0.492 e. The zero-order chi connectivity index (χ0) is 27.9. The van der Waals surface area contributed by atoms with Crippen LogP contribution < -0.4 is 14.8 Å². The van der Waals surface area contributed by atoms with E-state index in [1.165, 1.54) is 7.11 Å². The molecular weight excluding hydrogens is 570 g/mol. The summed E-state index contributed by atoms with van der Waals surface area (Å²) in [7, 11) is 1.32. The number of rotatable bonds is 11. The van der Waals surface area contributed by atoms with Crippen molar-refractivity contribution in [3.05, 3.63) is 113 Å². The van der Waals surface area contributed by atoms with Crippen molar-refractivity contribution in [2.75, 3.05) is 13.7 Å². The number of esters is 1. The normalized spacial score (nSPS) is 13.2. The average molecular weight is 601 g/mol. The lowest BCUT2D eigenvalue weighted by Gasteiger charge is -2.18. The van der Waals surface area contributed by atoms with Crippen molar-refractivity contribution < 1.29 is 23.8 Å². The molecule has 5 rings (SSSR count). The van der Waals surface area contributed by atoms with Gasteiger partial charge < -0.3 is 19.5 Å². The maximum absolute atomic E-state index is 13.3. The summed E-state index contributed by atoms with van der Waals surface area (Å²) < 4.78 is 17.8. The lowest BCUT2D eigenvalue weighted by Crippen LogP contribution is -2.43. The molecule has 1 fully saturated rings. The van der Waals surface area contributed by atoms with Crippen LogP contribution in [-0.4, -0.2) is 31.6 Å². The van der Waals surface area contributed by atoms with E-state index in [2.05, 4.69) is 21.2 Å². The fourth-order valence-corrected chi connectivity index (χ4v) is 4.70. The van der Waals surface area contributed by atoms with Crippen LogP contribution in [0.4, 0.5) is 0 Å². The third kappa shape index (κ3) is 7.10. The van der Waals surface area contributed by atoms with Crippen molar-refractivity contribution >= 4 is 27.8 Å². The molecule has 0 unspecified atom stereocenters. The van der Waals surface area contributed by atoms with Gasteiger partial charge in [0, 0.05) is 16.5 Å². The van der Waals surface area contributed by atoms with Gasteiger partial charge in [-0.15, -0.1) is 0 Å². The fourth-order valence-electron chi connectivity index (χ4n) is 4.33. The van der Waals surface area contributed by atoms with Crippen molar-refractivity contribution in [3.63, 3.8) is 0 Å². The zero-order valence-electron chi connectivity index (χ0n) is 22.1. The average Bonchev–Trinajstić information content (AvgIpc) is 3.82. The molecule has 0 aliphatic heterocycles. The molecule has 1 aliphatic carbocycles. The molecule has 0 aromatic heterocycles. The van der Waals surface area contributed by atoms with E-state index in [1.54, 1.807) is 12.1 Å². The second kappa shape index (κ2) is 12.8. The first-order valence-corrected chi connectivity index (χ1v) is 14.0. The highest BCUT2D eigenvalue weighted by molar-refractivity contribution is 9.10. The van der Waals surface area contributed by atoms with E-state index in [9.17, 15) is 9.59 Å². The molecule has 1 atom stereocenters. The van der Waals surface area contributed by atoms with Gasteiger partial charge >= 0.3 is 5.97 Å². The molecule has 1 saturated carbocycles. The molecule has 0 saturated heterocycles. The van der Waals surface area contributed by atoms with E-state index >= 15 is 0 Å². The summed E-state index contributed by atoms with van der Waals surface area (Å²) in [5.41, 5.74) is 3.17. The Bertz CT molecular complexity index is 1470. The number of carbonyl (C=O) groups excluding carboxylic acids is 2. The number of carbonyl (C=O) groups is 2. The number of hydrogen-bond donors (Lipinski definition) is 1. The Morgan fingerprint density at radius 2 is 1.62 bits per heavy atom. The van der Waals surface area contributed by atoms with Crippen LogP contribution in [0.1, 0.15) is 28.8 Å². The van der Waals surface area contributed by atoms with Gasteiger partial charge in [0.2, 0.25) is 0 Å². The SMILES string of the molecule is COC(=O)[C@H](Cc1ccc(-c2ccccc2Oc2ccccc2)cc1)NC(=O)c1cc(Br)ccc1OCC1CC1. The van der Waals surface area contributed by atoms with Crippen molar-refractivity contribution in [2.45, 2.75) is 25.3 Å². The number of amides is 1. The van der Waals surface area contributed by atoms with E-state index < -0.39 is 17.9 Å². The second-order valence-corrected chi connectivity index (χ2v) is 10.7. The van der Waals surface area contributed by atoms with Gasteiger partial charge in [-0.3, -0.25) is 4.79 Å². The van der Waals surface area contributed by atoms with E-state index in [0.29, 0.717) is 23.8 Å². The van der Waals surface area contributed by atoms with Gasteiger partial charge in [-0.2, -0.15) is 0 Å². The number of para-hydroxylation sites is 2. The van der Waals surface area contributed by atoms with E-state index in [0.717, 1.165) is 45.5 Å². The molecule has 40 heavy (non-hydrogen) atoms. The van der Waals surface area contributed by atoms with Crippen molar-refractivity contribution in [1.82, 2.24) is 5.32 Å². The molecule has 0 bridgehead atoms. The van der Waals surface area contributed by atoms with Gasteiger partial charge in [0.05, 0.1) is 19.3 Å². The first-order valence-electron chi connectivity index (χ1n) is 13.2. The minimum absolute atomic E-state index is 0.271. The number of hydrogen-bond acceptors (Lipinski definition) is 5. The van der Waals surface area contributed by atoms with Crippen LogP contribution in [-0.2, 0) is 16.0 Å². The lowest BCUT2D eigenvalue weighted by atomic mass is 9.99. The Morgan fingerprint density at radius 3 is 2.35 bits per heavy atom. The summed E-state index contributed by atoms with van der Waals surface area (Å²) in [6.45, 7) is 0.578. The molecule has 0 spiro atoms. The molecule has 1 aliphatic rings. The number of nitrogens with one attached hydrogen (secondary N) is 1. The Hall–Kier alpha value is -4.10. The molecule has 6 nitrogen and oxygen atoms in total. The highest BCUT2D eigenvalue weighted by atomic mass is 79.9. The third-order valence-corrected chi connectivity index (χ3v) is 7.20. The first kappa shape index (κ1) is 27.5. The summed E-state index contributed by atoms with van der Waals surface area (Å²) in [5.74, 6) is 1.63. The predicted molar refractivity (Wildman–Crippen MR) is 158 cm³/mol. The standard InChI is InChI=1S/C33H30BrNO5/c1-38-33(37)29(35-32(36)28-20-25(34)17-18-30(28)39-21-23-11-12-23)19-22-13-15-24(16-14-22)27-9-5-6-10-31(27)40-26-7-3-2-4-8-26/h2-10,13-18,20,23,29H,11-12,19,21H2,1H3,(H,35,36)/t29-/m0/s1. The number of methoxy groups -OCH3 is 1. The van der Waals surface area contributed by atoms with Crippen LogP contribution in [0.3, 0.4) is 0 Å². The monoisotopic (exact) mass is 599 g/mol. The van der Waals surface area contributed by atoms with Crippen LogP contribution >= 0.6 is 15.9 Å². The molecule has 4 aromatic rings. The van der Waals surface area contributed by atoms with E-state index in [1.807, 2.05) is 84.9 Å². The summed E-state index contributed by atoms with van der Waals surface area (Å²) in [5, 5.41) is 2.85. The van der Waals surface area contributed by atoms with Crippen LogP contribution in [0.15, 0.2) is 102 Å². The quantitative estimate of drug-likeness (QED) is 0.184. The van der Waals surface area contributed by atoms with Gasteiger partial charge in [0.1, 0.15) is 23.3 Å². The first-order chi connectivity index (χ1) is 19.5. The van der Waals surface area contributed by atoms with Gasteiger partial charge in [0.15, 0.2) is 0 Å². The van der Waals surface area contributed by atoms with Gasteiger partial charge in [0.25, 0.3) is 5.91 Å². The fraction of sp³-hybridized carbons (Fsp3) is 0.212. The lowest BCUT2D eigenvalue weighted by molar-refractivity contribution is -0.142. The van der Waals surface area contributed by atoms with Crippen LogP contribution in [0.25, 0.3) is 11.1 Å². The third-order valence-electron chi connectivity index (χ3n) is 6.71. The van der Waals surface area contributed by atoms with Crippen LogP contribution in [0, 0.1) is 5.92 Å². The van der Waals surface area contributed by atoms with Gasteiger partial charge in [-0.1, -0.05) is 76.6 Å². The minimum Gasteiger partial charge on any atom is -0.492 e. The molecule has 1 N–H and O–H groups in total. The Kier molecular flexibility index (Phi) is 8.81. The van der Waals surface area contributed by atoms with Gasteiger partial charge in [-0.05, 0) is 66.3 Å². The predicted octanol–water partition coefficient (Wildman–Crippen LogP) is 7.21. The van der Waals surface area contributed by atoms with Crippen molar-refractivity contribution in [2.24, 2.45) is 5.92 Å². The number of halogens is 1. The van der Waals surface area contributed by atoms with Crippen molar-refractivity contribution in [3.8, 4) is 28.4 Å². The number of benzene rings is 4. The highest BCUT2D eigenvalue weighted by Crippen LogP contribution is 2.34. The maximum Gasteiger partial charge on any atom is 0.328 e. The molecule has 7 heteroatoms. The molecule has 4 aromatic carbocycles. The number of ether oxygens (including phenoxy) is 3. The molecule has 0 heterocycles. The smallest absolute Gasteiger partial charge is 0.328 e.